The summed E-state index contributed by atoms with van der Waals surface area (Å²) < 4.78 is 5.25. The van der Waals surface area contributed by atoms with Crippen molar-refractivity contribution in [3.05, 3.63) is 0 Å². The van der Waals surface area contributed by atoms with Gasteiger partial charge in [-0.25, -0.2) is 0 Å². The van der Waals surface area contributed by atoms with E-state index in [0.29, 0.717) is 19.8 Å². The molecule has 1 rings (SSSR count). The van der Waals surface area contributed by atoms with Gasteiger partial charge in [0.25, 0.3) is 0 Å². The summed E-state index contributed by atoms with van der Waals surface area (Å²) in [6, 6.07) is -0.0551. The van der Waals surface area contributed by atoms with Crippen LogP contribution < -0.4 is 0 Å². The maximum atomic E-state index is 12.3. The zero-order valence-electron chi connectivity index (χ0n) is 10.9. The molecular weight excluding hydrogens is 222 g/mol. The number of ether oxygens (including phenoxy) is 1. The quantitative estimate of drug-likeness (QED) is 0.734. The van der Waals surface area contributed by atoms with Crippen LogP contribution in [-0.4, -0.2) is 47.7 Å². The Morgan fingerprint density at radius 2 is 2.00 bits per heavy atom. The van der Waals surface area contributed by atoms with Crippen LogP contribution in [0.15, 0.2) is 0 Å². The number of nitrogens with zero attached hydrogens (tertiary/aromatic N) is 1. The highest BCUT2D eigenvalue weighted by atomic mass is 16.5. The second-order valence-electron chi connectivity index (χ2n) is 5.59. The van der Waals surface area contributed by atoms with Crippen molar-refractivity contribution >= 4 is 11.9 Å². The standard InChI is InChI=1S/C12H21NO4/c1-8-7-17-6-5-13(8)10(14)9(11(15)16)12(2,3)4/h8-9H,5-7H2,1-4H3,(H,15,16). The van der Waals surface area contributed by atoms with Crippen LogP contribution in [-0.2, 0) is 14.3 Å². The molecule has 0 aliphatic carbocycles. The van der Waals surface area contributed by atoms with Gasteiger partial charge in [0.2, 0.25) is 5.91 Å². The van der Waals surface area contributed by atoms with E-state index in [9.17, 15) is 14.7 Å². The molecule has 0 spiro atoms. The smallest absolute Gasteiger partial charge is 0.316 e. The number of rotatable bonds is 2. The molecule has 1 aliphatic heterocycles. The fraction of sp³-hybridized carbons (Fsp3) is 0.833. The molecule has 0 bridgehead atoms. The Balaban J connectivity index is 2.88. The molecule has 0 saturated carbocycles. The molecule has 98 valence electrons. The van der Waals surface area contributed by atoms with Crippen molar-refractivity contribution in [1.82, 2.24) is 4.90 Å². The lowest BCUT2D eigenvalue weighted by Crippen LogP contribution is -2.53. The van der Waals surface area contributed by atoms with Gasteiger partial charge in [-0.3, -0.25) is 9.59 Å². The van der Waals surface area contributed by atoms with Crippen molar-refractivity contribution in [2.24, 2.45) is 11.3 Å². The molecule has 2 unspecified atom stereocenters. The fourth-order valence-corrected chi connectivity index (χ4v) is 2.07. The molecular formula is C12H21NO4. The molecule has 1 N–H and O–H groups in total. The van der Waals surface area contributed by atoms with Crippen molar-refractivity contribution in [3.8, 4) is 0 Å². The first-order chi connectivity index (χ1) is 7.75. The number of carboxylic acids is 1. The zero-order valence-corrected chi connectivity index (χ0v) is 10.9. The van der Waals surface area contributed by atoms with Gasteiger partial charge in [0, 0.05) is 6.54 Å². The van der Waals surface area contributed by atoms with Crippen LogP contribution in [0, 0.1) is 11.3 Å². The summed E-state index contributed by atoms with van der Waals surface area (Å²) in [4.78, 5) is 25.2. The van der Waals surface area contributed by atoms with Gasteiger partial charge in [-0.05, 0) is 12.3 Å². The number of hydrogen-bond donors (Lipinski definition) is 1. The summed E-state index contributed by atoms with van der Waals surface area (Å²) in [6.07, 6.45) is 0. The molecule has 1 heterocycles. The number of aliphatic carboxylic acids is 1. The number of carbonyl (C=O) groups excluding carboxylic acids is 1. The van der Waals surface area contributed by atoms with Crippen molar-refractivity contribution in [3.63, 3.8) is 0 Å². The first-order valence-electron chi connectivity index (χ1n) is 5.86. The van der Waals surface area contributed by atoms with Gasteiger partial charge in [0.05, 0.1) is 19.3 Å². The lowest BCUT2D eigenvalue weighted by atomic mass is 9.79. The molecule has 1 saturated heterocycles. The summed E-state index contributed by atoms with van der Waals surface area (Å²) in [7, 11) is 0. The first kappa shape index (κ1) is 14.0. The predicted molar refractivity (Wildman–Crippen MR) is 62.6 cm³/mol. The fourth-order valence-electron chi connectivity index (χ4n) is 2.07. The monoisotopic (exact) mass is 243 g/mol. The zero-order chi connectivity index (χ0) is 13.2. The van der Waals surface area contributed by atoms with Crippen molar-refractivity contribution in [2.75, 3.05) is 19.8 Å². The van der Waals surface area contributed by atoms with Crippen LogP contribution in [0.4, 0.5) is 0 Å². The average molecular weight is 243 g/mol. The van der Waals surface area contributed by atoms with Crippen LogP contribution in [0.25, 0.3) is 0 Å². The minimum absolute atomic E-state index is 0.0551. The normalized spacial score (nSPS) is 23.3. The number of hydrogen-bond acceptors (Lipinski definition) is 3. The third kappa shape index (κ3) is 3.19. The van der Waals surface area contributed by atoms with E-state index in [0.717, 1.165) is 0 Å². The maximum Gasteiger partial charge on any atom is 0.316 e. The molecule has 5 heteroatoms. The van der Waals surface area contributed by atoms with E-state index in [-0.39, 0.29) is 11.9 Å². The van der Waals surface area contributed by atoms with Gasteiger partial charge in [-0.1, -0.05) is 20.8 Å². The Morgan fingerprint density at radius 1 is 1.41 bits per heavy atom. The molecule has 1 aliphatic rings. The van der Waals surface area contributed by atoms with Gasteiger partial charge in [-0.15, -0.1) is 0 Å². The van der Waals surface area contributed by atoms with Gasteiger partial charge in [0.1, 0.15) is 5.92 Å². The second-order valence-corrected chi connectivity index (χ2v) is 5.59. The van der Waals surface area contributed by atoms with Crippen LogP contribution in [0.5, 0.6) is 0 Å². The Morgan fingerprint density at radius 3 is 2.41 bits per heavy atom. The summed E-state index contributed by atoms with van der Waals surface area (Å²) in [5, 5.41) is 9.22. The van der Waals surface area contributed by atoms with E-state index in [1.807, 2.05) is 6.92 Å². The van der Waals surface area contributed by atoms with Gasteiger partial charge < -0.3 is 14.7 Å². The third-order valence-electron chi connectivity index (χ3n) is 3.01. The minimum atomic E-state index is -1.05. The van der Waals surface area contributed by atoms with E-state index in [1.165, 1.54) is 0 Å². The Bertz CT molecular complexity index is 308. The molecule has 1 fully saturated rings. The van der Waals surface area contributed by atoms with Crippen LogP contribution >= 0.6 is 0 Å². The summed E-state index contributed by atoms with van der Waals surface area (Å²) in [5.41, 5.74) is -0.582. The summed E-state index contributed by atoms with van der Waals surface area (Å²) in [5.74, 6) is -2.36. The SMILES string of the molecule is CC1COCCN1C(=O)C(C(=O)O)C(C)(C)C. The van der Waals surface area contributed by atoms with Crippen molar-refractivity contribution < 1.29 is 19.4 Å². The van der Waals surface area contributed by atoms with Gasteiger partial charge in [0.15, 0.2) is 0 Å². The van der Waals surface area contributed by atoms with E-state index in [1.54, 1.807) is 25.7 Å². The van der Waals surface area contributed by atoms with Crippen LogP contribution in [0.3, 0.4) is 0 Å². The molecule has 17 heavy (non-hydrogen) atoms. The highest BCUT2D eigenvalue weighted by Crippen LogP contribution is 2.29. The Kier molecular flexibility index (Phi) is 4.14. The number of carboxylic acid groups (broad SMARTS) is 1. The highest BCUT2D eigenvalue weighted by molar-refractivity contribution is 5.97. The van der Waals surface area contributed by atoms with Crippen molar-refractivity contribution in [2.45, 2.75) is 33.7 Å². The van der Waals surface area contributed by atoms with E-state index in [2.05, 4.69) is 0 Å². The molecule has 0 radical (unpaired) electrons. The maximum absolute atomic E-state index is 12.3. The summed E-state index contributed by atoms with van der Waals surface area (Å²) >= 11 is 0. The van der Waals surface area contributed by atoms with E-state index >= 15 is 0 Å². The topological polar surface area (TPSA) is 66.8 Å². The van der Waals surface area contributed by atoms with Crippen molar-refractivity contribution in [1.29, 1.82) is 0 Å². The van der Waals surface area contributed by atoms with Gasteiger partial charge >= 0.3 is 5.97 Å². The number of amides is 1. The minimum Gasteiger partial charge on any atom is -0.481 e. The highest BCUT2D eigenvalue weighted by Gasteiger charge is 2.41. The lowest BCUT2D eigenvalue weighted by Gasteiger charge is -2.37. The number of carbonyl (C=O) groups is 2. The number of morpholine rings is 1. The van der Waals surface area contributed by atoms with E-state index < -0.39 is 17.3 Å². The Labute approximate surface area is 102 Å². The predicted octanol–water partition coefficient (Wildman–Crippen LogP) is 0.981. The third-order valence-corrected chi connectivity index (χ3v) is 3.01. The van der Waals surface area contributed by atoms with Crippen LogP contribution in [0.1, 0.15) is 27.7 Å². The molecule has 5 nitrogen and oxygen atoms in total. The van der Waals surface area contributed by atoms with E-state index in [4.69, 9.17) is 4.74 Å². The molecule has 2 atom stereocenters. The molecule has 0 aromatic heterocycles. The molecule has 1 amide bonds. The first-order valence-corrected chi connectivity index (χ1v) is 5.86. The lowest BCUT2D eigenvalue weighted by molar-refractivity contribution is -0.160. The summed E-state index contributed by atoms with van der Waals surface area (Å²) in [6.45, 7) is 8.62. The van der Waals surface area contributed by atoms with Crippen LogP contribution in [0.2, 0.25) is 0 Å². The van der Waals surface area contributed by atoms with Gasteiger partial charge in [-0.2, -0.15) is 0 Å². The Hall–Kier alpha value is -1.10. The largest absolute Gasteiger partial charge is 0.481 e. The molecule has 0 aromatic rings. The molecule has 0 aromatic carbocycles. The average Bonchev–Trinajstić information content (AvgIpc) is 2.15. The second kappa shape index (κ2) is 5.04.